The number of rotatable bonds is 8. The van der Waals surface area contributed by atoms with Crippen LogP contribution < -0.4 is 5.32 Å². The molecule has 0 spiro atoms. The predicted octanol–water partition coefficient (Wildman–Crippen LogP) is 2.97. The third-order valence-corrected chi connectivity index (χ3v) is 3.91. The Morgan fingerprint density at radius 1 is 1.20 bits per heavy atom. The van der Waals surface area contributed by atoms with Crippen molar-refractivity contribution in [3.8, 4) is 17.2 Å². The molecule has 128 valence electrons. The summed E-state index contributed by atoms with van der Waals surface area (Å²) in [5.74, 6) is -0.345. The van der Waals surface area contributed by atoms with E-state index in [-0.39, 0.29) is 19.1 Å². The number of nitrogens with one attached hydrogen (secondary N) is 1. The zero-order valence-electron chi connectivity index (χ0n) is 14.1. The fraction of sp³-hybridized carbons (Fsp3) is 0.250. The Labute approximate surface area is 147 Å². The van der Waals surface area contributed by atoms with E-state index in [9.17, 15) is 9.59 Å². The van der Waals surface area contributed by atoms with Crippen LogP contribution in [0.5, 0.6) is 0 Å². The van der Waals surface area contributed by atoms with E-state index in [0.29, 0.717) is 18.4 Å². The summed E-state index contributed by atoms with van der Waals surface area (Å²) in [5, 5.41) is 11.3. The minimum absolute atomic E-state index is 0.100. The Hall–Kier alpha value is -3.13. The van der Waals surface area contributed by atoms with E-state index in [0.717, 1.165) is 23.1 Å². The lowest BCUT2D eigenvalue weighted by molar-refractivity contribution is -0.144. The molecular weight excluding hydrogens is 316 g/mol. The van der Waals surface area contributed by atoms with E-state index in [1.165, 1.54) is 5.56 Å². The van der Waals surface area contributed by atoms with Crippen molar-refractivity contribution in [1.82, 2.24) is 5.32 Å². The second-order valence-electron chi connectivity index (χ2n) is 5.51. The van der Waals surface area contributed by atoms with Crippen LogP contribution in [-0.2, 0) is 27.2 Å². The minimum Gasteiger partial charge on any atom is -0.444 e. The summed E-state index contributed by atoms with van der Waals surface area (Å²) in [5.41, 5.74) is 4.95. The fourth-order valence-electron chi connectivity index (χ4n) is 2.61. The normalized spacial score (nSPS) is 9.92. The van der Waals surface area contributed by atoms with Gasteiger partial charge in [-0.05, 0) is 47.2 Å². The summed E-state index contributed by atoms with van der Waals surface area (Å²) in [4.78, 5) is 21.8. The van der Waals surface area contributed by atoms with Crippen molar-refractivity contribution >= 4 is 12.4 Å². The second-order valence-corrected chi connectivity index (χ2v) is 5.51. The van der Waals surface area contributed by atoms with Crippen LogP contribution in [0, 0.1) is 11.3 Å². The number of esters is 1. The molecule has 0 saturated heterocycles. The van der Waals surface area contributed by atoms with Crippen LogP contribution in [-0.4, -0.2) is 19.1 Å². The Morgan fingerprint density at radius 2 is 2.00 bits per heavy atom. The molecule has 0 unspecified atom stereocenters. The van der Waals surface area contributed by atoms with Crippen LogP contribution in [0.4, 0.5) is 0 Å². The Kier molecular flexibility index (Phi) is 6.73. The van der Waals surface area contributed by atoms with Crippen molar-refractivity contribution in [2.75, 3.05) is 6.73 Å². The van der Waals surface area contributed by atoms with Crippen LogP contribution in [0.1, 0.15) is 30.0 Å². The van der Waals surface area contributed by atoms with Gasteiger partial charge in [-0.3, -0.25) is 9.59 Å². The van der Waals surface area contributed by atoms with Crippen LogP contribution in [0.25, 0.3) is 11.1 Å². The maximum atomic E-state index is 11.6. The van der Waals surface area contributed by atoms with Crippen LogP contribution in [0.2, 0.25) is 0 Å². The molecule has 0 heterocycles. The van der Waals surface area contributed by atoms with Gasteiger partial charge >= 0.3 is 5.97 Å². The van der Waals surface area contributed by atoms with Crippen LogP contribution in [0.15, 0.2) is 42.5 Å². The molecule has 0 saturated carbocycles. The van der Waals surface area contributed by atoms with Gasteiger partial charge in [0.15, 0.2) is 6.73 Å². The maximum Gasteiger partial charge on any atom is 0.307 e. The molecule has 1 N–H and O–H groups in total. The molecule has 0 aliphatic carbocycles. The largest absolute Gasteiger partial charge is 0.444 e. The quantitative estimate of drug-likeness (QED) is 0.348. The highest BCUT2D eigenvalue weighted by atomic mass is 16.5. The van der Waals surface area contributed by atoms with Gasteiger partial charge in [-0.2, -0.15) is 5.26 Å². The van der Waals surface area contributed by atoms with Gasteiger partial charge in [-0.25, -0.2) is 0 Å². The van der Waals surface area contributed by atoms with Crippen LogP contribution >= 0.6 is 0 Å². The summed E-state index contributed by atoms with van der Waals surface area (Å²) in [6.45, 7) is 1.97. The molecule has 0 atom stereocenters. The van der Waals surface area contributed by atoms with Gasteiger partial charge in [0.25, 0.3) is 0 Å². The number of benzene rings is 2. The molecule has 0 aromatic heterocycles. The third kappa shape index (κ3) is 5.18. The summed E-state index contributed by atoms with van der Waals surface area (Å²) in [7, 11) is 0. The number of aryl methyl sites for hydroxylation is 2. The zero-order valence-corrected chi connectivity index (χ0v) is 14.1. The Bertz CT molecular complexity index is 794. The molecule has 1 amide bonds. The Balaban J connectivity index is 2.10. The lowest BCUT2D eigenvalue weighted by Crippen LogP contribution is -2.19. The van der Waals surface area contributed by atoms with Gasteiger partial charge in [0.05, 0.1) is 11.6 Å². The predicted molar refractivity (Wildman–Crippen MR) is 94.5 cm³/mol. The molecule has 25 heavy (non-hydrogen) atoms. The number of nitriles is 1. The topological polar surface area (TPSA) is 79.2 Å². The first-order chi connectivity index (χ1) is 12.2. The smallest absolute Gasteiger partial charge is 0.307 e. The van der Waals surface area contributed by atoms with Gasteiger partial charge in [-0.1, -0.05) is 37.3 Å². The molecule has 2 rings (SSSR count). The van der Waals surface area contributed by atoms with Crippen molar-refractivity contribution in [2.45, 2.75) is 26.2 Å². The number of hydrogen-bond acceptors (Lipinski definition) is 4. The first kappa shape index (κ1) is 18.2. The molecule has 5 heteroatoms. The van der Waals surface area contributed by atoms with E-state index < -0.39 is 0 Å². The highest BCUT2D eigenvalue weighted by Crippen LogP contribution is 2.24. The maximum absolute atomic E-state index is 11.6. The van der Waals surface area contributed by atoms with E-state index in [1.807, 2.05) is 30.3 Å². The van der Waals surface area contributed by atoms with E-state index >= 15 is 0 Å². The second kappa shape index (κ2) is 9.24. The molecule has 0 aliphatic rings. The third-order valence-electron chi connectivity index (χ3n) is 3.91. The SMILES string of the molecule is CCc1cc(-c2cccc(C#N)c2)ccc1CCC(=O)OCNC=O. The van der Waals surface area contributed by atoms with Gasteiger partial charge in [-0.15, -0.1) is 0 Å². The summed E-state index contributed by atoms with van der Waals surface area (Å²) in [6, 6.07) is 15.8. The standard InChI is InChI=1S/C20H20N2O3/c1-2-16-11-19(18-5-3-4-15(10-18)12-21)7-6-17(16)8-9-20(24)25-14-22-13-23/h3-7,10-11,13H,2,8-9,14H2,1H3,(H,22,23). The van der Waals surface area contributed by atoms with Gasteiger partial charge < -0.3 is 10.1 Å². The number of hydrogen-bond donors (Lipinski definition) is 1. The molecule has 2 aromatic carbocycles. The fourth-order valence-corrected chi connectivity index (χ4v) is 2.61. The lowest BCUT2D eigenvalue weighted by atomic mass is 9.95. The molecule has 5 nitrogen and oxygen atoms in total. The molecule has 0 bridgehead atoms. The van der Waals surface area contributed by atoms with Crippen LogP contribution in [0.3, 0.4) is 0 Å². The van der Waals surface area contributed by atoms with Crippen molar-refractivity contribution in [1.29, 1.82) is 5.26 Å². The van der Waals surface area contributed by atoms with Gasteiger partial charge in [0.2, 0.25) is 6.41 Å². The van der Waals surface area contributed by atoms with Gasteiger partial charge in [0, 0.05) is 6.42 Å². The lowest BCUT2D eigenvalue weighted by Gasteiger charge is -2.11. The highest BCUT2D eigenvalue weighted by molar-refractivity contribution is 5.70. The Morgan fingerprint density at radius 3 is 2.72 bits per heavy atom. The average Bonchev–Trinajstić information content (AvgIpc) is 2.66. The minimum atomic E-state index is -0.345. The van der Waals surface area contributed by atoms with E-state index in [2.05, 4.69) is 24.4 Å². The number of carbonyl (C=O) groups excluding carboxylic acids is 2. The number of carbonyl (C=O) groups is 2. The van der Waals surface area contributed by atoms with Crippen molar-refractivity contribution < 1.29 is 14.3 Å². The first-order valence-corrected chi connectivity index (χ1v) is 8.13. The van der Waals surface area contributed by atoms with Crippen molar-refractivity contribution in [3.05, 3.63) is 59.2 Å². The molecule has 0 aliphatic heterocycles. The number of amides is 1. The summed E-state index contributed by atoms with van der Waals surface area (Å²) < 4.78 is 4.88. The average molecular weight is 336 g/mol. The van der Waals surface area contributed by atoms with E-state index in [4.69, 9.17) is 10.00 Å². The molecule has 0 fully saturated rings. The van der Waals surface area contributed by atoms with Crippen molar-refractivity contribution in [3.63, 3.8) is 0 Å². The number of ether oxygens (including phenoxy) is 1. The summed E-state index contributed by atoms with van der Waals surface area (Å²) >= 11 is 0. The van der Waals surface area contributed by atoms with Gasteiger partial charge in [0.1, 0.15) is 0 Å². The molecule has 2 aromatic rings. The van der Waals surface area contributed by atoms with E-state index in [1.54, 1.807) is 6.07 Å². The molecular formula is C20H20N2O3. The summed E-state index contributed by atoms with van der Waals surface area (Å²) in [6.07, 6.45) is 2.18. The first-order valence-electron chi connectivity index (χ1n) is 8.13. The molecule has 0 radical (unpaired) electrons. The monoisotopic (exact) mass is 336 g/mol. The number of nitrogens with zero attached hydrogens (tertiary/aromatic N) is 1. The zero-order chi connectivity index (χ0) is 18.1. The van der Waals surface area contributed by atoms with Crippen molar-refractivity contribution in [2.24, 2.45) is 0 Å². The highest BCUT2D eigenvalue weighted by Gasteiger charge is 2.08.